The van der Waals surface area contributed by atoms with Crippen LogP contribution in [0.2, 0.25) is 10.0 Å². The molecule has 0 aliphatic heterocycles. The fourth-order valence-corrected chi connectivity index (χ4v) is 7.08. The van der Waals surface area contributed by atoms with E-state index in [1.807, 2.05) is 85.8 Å². The lowest BCUT2D eigenvalue weighted by molar-refractivity contribution is 0.0377. The molecule has 19 heteroatoms. The Morgan fingerprint density at radius 3 is 1.56 bits per heavy atom. The van der Waals surface area contributed by atoms with Gasteiger partial charge in [0, 0.05) is 56.5 Å². The first-order chi connectivity index (χ1) is 33.4. The fourth-order valence-electron chi connectivity index (χ4n) is 6.68. The average Bonchev–Trinajstić information content (AvgIpc) is 3.35. The van der Waals surface area contributed by atoms with Gasteiger partial charge in [-0.15, -0.1) is 0 Å². The van der Waals surface area contributed by atoms with Crippen molar-refractivity contribution in [2.45, 2.75) is 73.8 Å². The molecule has 3 aromatic carbocycles. The second-order valence-electron chi connectivity index (χ2n) is 15.9. The van der Waals surface area contributed by atoms with E-state index in [-0.39, 0.29) is 23.2 Å². The summed E-state index contributed by atoms with van der Waals surface area (Å²) in [5.74, 6) is -0.791. The number of benzene rings is 3. The molecular weight excluding hydrogens is 932 g/mol. The van der Waals surface area contributed by atoms with Crippen LogP contribution in [-0.2, 0) is 4.74 Å². The van der Waals surface area contributed by atoms with Crippen molar-refractivity contribution in [3.8, 4) is 33.8 Å². The van der Waals surface area contributed by atoms with Crippen molar-refractivity contribution in [3.63, 3.8) is 0 Å². The van der Waals surface area contributed by atoms with E-state index in [1.165, 1.54) is 12.1 Å². The Bertz CT molecular complexity index is 2720. The molecule has 3 heterocycles. The number of hydrogen-bond donors (Lipinski definition) is 3. The van der Waals surface area contributed by atoms with Crippen LogP contribution in [0.25, 0.3) is 33.8 Å². The molecular formula is C51H62Cl2N12O5. The Morgan fingerprint density at radius 2 is 1.04 bits per heavy atom. The predicted molar refractivity (Wildman–Crippen MR) is 278 cm³/mol. The molecule has 6 N–H and O–H groups in total. The van der Waals surface area contributed by atoms with E-state index in [1.54, 1.807) is 56.3 Å². The van der Waals surface area contributed by atoms with E-state index in [2.05, 4.69) is 36.8 Å². The number of carbonyl (C=O) groups excluding carboxylic acids is 4. The van der Waals surface area contributed by atoms with Crippen molar-refractivity contribution in [3.05, 3.63) is 124 Å². The molecule has 0 aliphatic carbocycles. The lowest BCUT2D eigenvalue weighted by Crippen LogP contribution is -2.26. The molecule has 70 heavy (non-hydrogen) atoms. The molecule has 0 fully saturated rings. The number of halogens is 2. The van der Waals surface area contributed by atoms with Crippen molar-refractivity contribution >= 4 is 64.7 Å². The normalized spacial score (nSPS) is 10.6. The molecule has 370 valence electrons. The van der Waals surface area contributed by atoms with Gasteiger partial charge in [-0.1, -0.05) is 97.6 Å². The highest BCUT2D eigenvalue weighted by Crippen LogP contribution is 2.33. The summed E-state index contributed by atoms with van der Waals surface area (Å²) in [6.07, 6.45) is 3.18. The van der Waals surface area contributed by atoms with Gasteiger partial charge in [-0.05, 0) is 84.4 Å². The molecule has 0 saturated carbocycles. The van der Waals surface area contributed by atoms with Crippen LogP contribution in [0.5, 0.6) is 0 Å². The number of hydrogen-bond acceptors (Lipinski definition) is 14. The summed E-state index contributed by atoms with van der Waals surface area (Å²) < 4.78 is 5.23. The van der Waals surface area contributed by atoms with Crippen molar-refractivity contribution in [2.75, 3.05) is 54.5 Å². The van der Waals surface area contributed by atoms with Crippen LogP contribution in [0.1, 0.15) is 110 Å². The minimum atomic E-state index is -0.627. The van der Waals surface area contributed by atoms with Gasteiger partial charge in [0.15, 0.2) is 0 Å². The molecule has 6 aromatic rings. The smallest absolute Gasteiger partial charge is 0.338 e. The maximum absolute atomic E-state index is 12.1. The molecule has 0 saturated heterocycles. The van der Waals surface area contributed by atoms with Gasteiger partial charge in [-0.3, -0.25) is 14.4 Å². The number of unbranched alkanes of at least 4 members (excludes halogenated alkanes) is 2. The van der Waals surface area contributed by atoms with Crippen LogP contribution in [0.4, 0.5) is 17.8 Å². The van der Waals surface area contributed by atoms with Crippen molar-refractivity contribution in [2.24, 2.45) is 17.2 Å². The van der Waals surface area contributed by atoms with E-state index in [9.17, 15) is 19.2 Å². The average molecular weight is 994 g/mol. The van der Waals surface area contributed by atoms with E-state index in [0.29, 0.717) is 87.8 Å². The third kappa shape index (κ3) is 15.6. The highest BCUT2D eigenvalue weighted by molar-refractivity contribution is 6.43. The maximum atomic E-state index is 12.1. The number of carbonyl (C=O) groups is 4. The summed E-state index contributed by atoms with van der Waals surface area (Å²) in [6, 6.07) is 26.6. The lowest BCUT2D eigenvalue weighted by atomic mass is 10.1. The van der Waals surface area contributed by atoms with Crippen LogP contribution in [0.15, 0.2) is 91.0 Å². The summed E-state index contributed by atoms with van der Waals surface area (Å²) in [6.45, 7) is 17.3. The molecule has 6 rings (SSSR count). The third-order valence-corrected chi connectivity index (χ3v) is 11.3. The quantitative estimate of drug-likeness (QED) is 0.0507. The zero-order valence-electron chi connectivity index (χ0n) is 40.9. The highest BCUT2D eigenvalue weighted by Gasteiger charge is 2.19. The molecule has 0 aliphatic rings. The molecule has 0 atom stereocenters. The third-order valence-electron chi connectivity index (χ3n) is 10.5. The van der Waals surface area contributed by atoms with Gasteiger partial charge < -0.3 is 36.6 Å². The monoisotopic (exact) mass is 992 g/mol. The Balaban J connectivity index is 0.000000230. The Labute approximate surface area is 419 Å². The summed E-state index contributed by atoms with van der Waals surface area (Å²) >= 11 is 12.3. The summed E-state index contributed by atoms with van der Waals surface area (Å²) in [5.41, 5.74) is 21.1. The number of aromatic nitrogens is 6. The molecule has 0 spiro atoms. The van der Waals surface area contributed by atoms with Gasteiger partial charge >= 0.3 is 5.97 Å². The zero-order chi connectivity index (χ0) is 51.5. The van der Waals surface area contributed by atoms with Gasteiger partial charge in [0.2, 0.25) is 17.8 Å². The number of primary amides is 3. The van der Waals surface area contributed by atoms with Gasteiger partial charge in [0.25, 0.3) is 17.7 Å². The first kappa shape index (κ1) is 55.4. The van der Waals surface area contributed by atoms with Crippen LogP contribution in [0.3, 0.4) is 0 Å². The zero-order valence-corrected chi connectivity index (χ0v) is 42.5. The fraction of sp³-hybridized carbons (Fsp3) is 0.333. The number of amides is 3. The number of nitrogens with two attached hydrogens (primary N) is 3. The first-order valence-corrected chi connectivity index (χ1v) is 23.8. The van der Waals surface area contributed by atoms with Gasteiger partial charge in [0.1, 0.15) is 17.1 Å². The van der Waals surface area contributed by atoms with Crippen molar-refractivity contribution in [1.29, 1.82) is 0 Å². The standard InChI is InChI=1S/C19H24N4O3.C17H22N4O.C15H16Cl2N4O/c1-5-23(6-2)19-21-15(11-16(22-19)17(20)24)13-8-7-9-14(10-13)18(25)26-12(3)4;1-3-4-8-11-21(2)17-19-14(12-15(20-17)16(18)22)13-9-6-5-7-10-13;1-3-21(4-2)15-19-11(8-12(20-15)14(18)22)9-6-5-7-10(16)13(9)17/h7-12H,5-6H2,1-4H3,(H2,20,24);5-7,9-10,12H,3-4,8,11H2,1-2H3,(H2,18,22);5-8H,3-4H2,1-2H3,(H2,18,22). The van der Waals surface area contributed by atoms with Gasteiger partial charge in [-0.2, -0.15) is 0 Å². The molecule has 0 radical (unpaired) electrons. The number of anilines is 3. The minimum Gasteiger partial charge on any atom is -0.459 e. The largest absolute Gasteiger partial charge is 0.459 e. The molecule has 3 aromatic heterocycles. The molecule has 0 unspecified atom stereocenters. The second-order valence-corrected chi connectivity index (χ2v) is 16.7. The minimum absolute atomic E-state index is 0.132. The second kappa shape index (κ2) is 27.1. The van der Waals surface area contributed by atoms with E-state index in [0.717, 1.165) is 31.4 Å². The predicted octanol–water partition coefficient (Wildman–Crippen LogP) is 8.92. The molecule has 0 bridgehead atoms. The molecule has 3 amide bonds. The van der Waals surface area contributed by atoms with Crippen molar-refractivity contribution in [1.82, 2.24) is 29.9 Å². The SMILES string of the molecule is CCCCCN(C)c1nc(C(N)=O)cc(-c2ccccc2)n1.CCN(CC)c1nc(C(N)=O)cc(-c2cccc(C(=O)OC(C)C)c2)n1.CCN(CC)c1nc(C(N)=O)cc(-c2cccc(Cl)c2Cl)n1. The van der Waals surface area contributed by atoms with Crippen LogP contribution in [0, 0.1) is 0 Å². The van der Waals surface area contributed by atoms with E-state index in [4.69, 9.17) is 45.1 Å². The number of nitrogens with zero attached hydrogens (tertiary/aromatic N) is 9. The topological polar surface area (TPSA) is 243 Å². The van der Waals surface area contributed by atoms with Crippen molar-refractivity contribution < 1.29 is 23.9 Å². The Morgan fingerprint density at radius 1 is 0.571 bits per heavy atom. The number of esters is 1. The van der Waals surface area contributed by atoms with Crippen LogP contribution < -0.4 is 31.9 Å². The summed E-state index contributed by atoms with van der Waals surface area (Å²) in [4.78, 5) is 79.1. The van der Waals surface area contributed by atoms with Gasteiger partial charge in [0.05, 0.1) is 38.8 Å². The van der Waals surface area contributed by atoms with Crippen LogP contribution in [-0.4, -0.2) is 99.5 Å². The Hall–Kier alpha value is -7.24. The molecule has 17 nitrogen and oxygen atoms in total. The lowest BCUT2D eigenvalue weighted by Gasteiger charge is -2.19. The van der Waals surface area contributed by atoms with Gasteiger partial charge in [-0.25, -0.2) is 34.7 Å². The summed E-state index contributed by atoms with van der Waals surface area (Å²) in [5, 5.41) is 0.798. The maximum Gasteiger partial charge on any atom is 0.338 e. The highest BCUT2D eigenvalue weighted by atomic mass is 35.5. The van der Waals surface area contributed by atoms with E-state index < -0.39 is 23.7 Å². The first-order valence-electron chi connectivity index (χ1n) is 23.0. The van der Waals surface area contributed by atoms with E-state index >= 15 is 0 Å². The number of rotatable bonds is 19. The van der Waals surface area contributed by atoms with Crippen LogP contribution >= 0.6 is 23.2 Å². The number of ether oxygens (including phenoxy) is 1. The Kier molecular flexibility index (Phi) is 21.4. The summed E-state index contributed by atoms with van der Waals surface area (Å²) in [7, 11) is 1.94.